The predicted molar refractivity (Wildman–Crippen MR) is 210 cm³/mol. The summed E-state index contributed by atoms with van der Waals surface area (Å²) in [5.41, 5.74) is 2.84. The van der Waals surface area contributed by atoms with E-state index in [0.29, 0.717) is 30.5 Å². The maximum absolute atomic E-state index is 14.1. The minimum Gasteiger partial charge on any atom is -0.390 e. The van der Waals surface area contributed by atoms with Gasteiger partial charge in [-0.1, -0.05) is 107 Å². The molecule has 55 heavy (non-hydrogen) atoms. The Bertz CT molecular complexity index is 1760. The molecular formula is C43H54N6O6. The molecule has 4 rings (SSSR count). The van der Waals surface area contributed by atoms with Gasteiger partial charge in [-0.15, -0.1) is 0 Å². The van der Waals surface area contributed by atoms with Crippen LogP contribution in [0.3, 0.4) is 0 Å². The number of imidazole rings is 1. The second-order valence-electron chi connectivity index (χ2n) is 14.9. The number of nitrogens with one attached hydrogen (secondary N) is 5. The van der Waals surface area contributed by atoms with Gasteiger partial charge < -0.3 is 26.0 Å². The maximum atomic E-state index is 14.1. The van der Waals surface area contributed by atoms with Gasteiger partial charge in [0.1, 0.15) is 12.1 Å². The first-order valence-electron chi connectivity index (χ1n) is 18.9. The molecule has 0 aliphatic heterocycles. The van der Waals surface area contributed by atoms with Crippen molar-refractivity contribution in [3.05, 3.63) is 126 Å². The van der Waals surface area contributed by atoms with Gasteiger partial charge in [0.05, 0.1) is 30.6 Å². The van der Waals surface area contributed by atoms with E-state index in [4.69, 9.17) is 0 Å². The zero-order valence-electron chi connectivity index (χ0n) is 32.0. The number of carbonyl (C=O) groups excluding carboxylic acids is 5. The lowest BCUT2D eigenvalue weighted by Crippen LogP contribution is -2.55. The van der Waals surface area contributed by atoms with Gasteiger partial charge in [0.25, 0.3) is 5.91 Å². The Labute approximate surface area is 323 Å². The second-order valence-corrected chi connectivity index (χ2v) is 14.9. The van der Waals surface area contributed by atoms with Crippen LogP contribution in [0.15, 0.2) is 104 Å². The fourth-order valence-electron chi connectivity index (χ4n) is 6.42. The van der Waals surface area contributed by atoms with Gasteiger partial charge in [-0.2, -0.15) is 0 Å². The molecule has 1 aromatic heterocycles. The van der Waals surface area contributed by atoms with Crippen molar-refractivity contribution >= 4 is 29.5 Å². The lowest BCUT2D eigenvalue weighted by molar-refractivity contribution is -0.132. The monoisotopic (exact) mass is 750 g/mol. The number of carbonyl (C=O) groups is 5. The van der Waals surface area contributed by atoms with Gasteiger partial charge in [0.2, 0.25) is 23.6 Å². The summed E-state index contributed by atoms with van der Waals surface area (Å²) in [6.07, 6.45) is 2.99. The van der Waals surface area contributed by atoms with Crippen LogP contribution in [-0.4, -0.2) is 68.8 Å². The van der Waals surface area contributed by atoms with E-state index < -0.39 is 60.2 Å². The molecular weight excluding hydrogens is 697 g/mol. The lowest BCUT2D eigenvalue weighted by Gasteiger charge is -2.29. The molecule has 0 unspecified atom stereocenters. The number of H-pyrrole nitrogens is 1. The van der Waals surface area contributed by atoms with Crippen LogP contribution < -0.4 is 21.3 Å². The van der Waals surface area contributed by atoms with Crippen molar-refractivity contribution in [1.29, 1.82) is 0 Å². The van der Waals surface area contributed by atoms with Crippen LogP contribution in [0.5, 0.6) is 0 Å². The number of benzene rings is 3. The zero-order valence-corrected chi connectivity index (χ0v) is 32.0. The molecule has 4 aromatic rings. The first-order valence-corrected chi connectivity index (χ1v) is 18.9. The minimum absolute atomic E-state index is 0.00224. The Morgan fingerprint density at radius 2 is 1.22 bits per heavy atom. The van der Waals surface area contributed by atoms with Crippen LogP contribution in [-0.2, 0) is 38.4 Å². The molecule has 3 aromatic carbocycles. The predicted octanol–water partition coefficient (Wildman–Crippen LogP) is 4.31. The van der Waals surface area contributed by atoms with E-state index in [1.54, 1.807) is 36.5 Å². The Balaban J connectivity index is 1.47. The van der Waals surface area contributed by atoms with Gasteiger partial charge in [-0.25, -0.2) is 4.98 Å². The van der Waals surface area contributed by atoms with Crippen LogP contribution in [0.2, 0.25) is 0 Å². The Kier molecular flexibility index (Phi) is 16.3. The van der Waals surface area contributed by atoms with Crippen LogP contribution in [0.4, 0.5) is 0 Å². The van der Waals surface area contributed by atoms with Gasteiger partial charge in [0, 0.05) is 24.1 Å². The fraction of sp³-hybridized carbons (Fsp3) is 0.395. The van der Waals surface area contributed by atoms with Gasteiger partial charge in [0.15, 0.2) is 0 Å². The molecule has 0 fully saturated rings. The molecule has 0 aliphatic rings. The number of rotatable bonds is 20. The molecule has 1 heterocycles. The molecule has 6 N–H and O–H groups in total. The molecule has 0 saturated carbocycles. The van der Waals surface area contributed by atoms with Gasteiger partial charge in [-0.05, 0) is 60.8 Å². The molecule has 4 atom stereocenters. The normalized spacial score (nSPS) is 13.5. The first kappa shape index (κ1) is 42.1. The van der Waals surface area contributed by atoms with Crippen molar-refractivity contribution in [2.45, 2.75) is 90.4 Å². The third-order valence-corrected chi connectivity index (χ3v) is 9.17. The molecule has 0 saturated heterocycles. The Morgan fingerprint density at radius 1 is 0.655 bits per heavy atom. The van der Waals surface area contributed by atoms with Crippen molar-refractivity contribution in [1.82, 2.24) is 31.2 Å². The SMILES string of the molecule is CC(C)C[C@H](NC(=O)C[C@H](O)[C@H](CC(C)C)NC(=O)[C@H](Cc1c[nH]cn1)NC(=O)C(Cc1ccccc1)Cc1ccccc1)C(=O)NC(=O)c1ccccc1. The topological polar surface area (TPSA) is 182 Å². The standard InChI is InChI=1S/C43H54N6O6/c1-28(2)20-35(38(50)25-39(51)46-36(21-29(3)4)43(55)49-40(52)32-18-12-7-13-19-32)47-42(54)37(24-34-26-44-27-45-34)48-41(53)33(22-30-14-8-5-9-15-30)23-31-16-10-6-11-17-31/h5-19,26-29,33,35-38,50H,20-25H2,1-4H3,(H,44,45)(H,46,51)(H,47,54)(H,48,53)(H,49,52,55)/t35-,36-,37-,38-/m0/s1. The van der Waals surface area contributed by atoms with Gasteiger partial charge >= 0.3 is 0 Å². The summed E-state index contributed by atoms with van der Waals surface area (Å²) in [6, 6.07) is 24.8. The number of aliphatic hydroxyl groups is 1. The Hall–Kier alpha value is -5.62. The number of nitrogens with zero attached hydrogens (tertiary/aromatic N) is 1. The van der Waals surface area contributed by atoms with E-state index in [0.717, 1.165) is 11.1 Å². The quantitative estimate of drug-likeness (QED) is 0.0779. The molecule has 0 spiro atoms. The lowest BCUT2D eigenvalue weighted by atomic mass is 9.91. The second kappa shape index (κ2) is 21.3. The highest BCUT2D eigenvalue weighted by molar-refractivity contribution is 6.06. The number of aliphatic hydroxyl groups excluding tert-OH is 1. The number of amides is 5. The highest BCUT2D eigenvalue weighted by Gasteiger charge is 2.32. The summed E-state index contributed by atoms with van der Waals surface area (Å²) in [5.74, 6) is -3.16. The Morgan fingerprint density at radius 3 is 1.75 bits per heavy atom. The molecule has 0 aliphatic carbocycles. The fourth-order valence-corrected chi connectivity index (χ4v) is 6.42. The van der Waals surface area contributed by atoms with E-state index in [1.165, 1.54) is 6.33 Å². The average molecular weight is 751 g/mol. The van der Waals surface area contributed by atoms with Crippen molar-refractivity contribution in [3.63, 3.8) is 0 Å². The molecule has 5 amide bonds. The third kappa shape index (κ3) is 14.3. The minimum atomic E-state index is -1.33. The van der Waals surface area contributed by atoms with E-state index in [-0.39, 0.29) is 30.6 Å². The van der Waals surface area contributed by atoms with Crippen molar-refractivity contribution in [2.24, 2.45) is 17.8 Å². The molecule has 12 heteroatoms. The summed E-state index contributed by atoms with van der Waals surface area (Å²) in [6.45, 7) is 7.63. The van der Waals surface area contributed by atoms with E-state index in [2.05, 4.69) is 31.2 Å². The van der Waals surface area contributed by atoms with Crippen LogP contribution in [0.25, 0.3) is 0 Å². The molecule has 0 bridgehead atoms. The van der Waals surface area contributed by atoms with E-state index in [1.807, 2.05) is 88.4 Å². The summed E-state index contributed by atoms with van der Waals surface area (Å²) >= 11 is 0. The highest BCUT2D eigenvalue weighted by atomic mass is 16.3. The summed E-state index contributed by atoms with van der Waals surface area (Å²) < 4.78 is 0. The molecule has 12 nitrogen and oxygen atoms in total. The van der Waals surface area contributed by atoms with Crippen molar-refractivity contribution in [3.8, 4) is 0 Å². The summed E-state index contributed by atoms with van der Waals surface area (Å²) in [4.78, 5) is 74.4. The smallest absolute Gasteiger partial charge is 0.257 e. The molecule has 292 valence electrons. The van der Waals surface area contributed by atoms with Gasteiger partial charge in [-0.3, -0.25) is 29.3 Å². The molecule has 0 radical (unpaired) electrons. The highest BCUT2D eigenvalue weighted by Crippen LogP contribution is 2.18. The summed E-state index contributed by atoms with van der Waals surface area (Å²) in [7, 11) is 0. The zero-order chi connectivity index (χ0) is 39.7. The maximum Gasteiger partial charge on any atom is 0.257 e. The van der Waals surface area contributed by atoms with Crippen molar-refractivity contribution < 1.29 is 29.1 Å². The summed E-state index contributed by atoms with van der Waals surface area (Å²) in [5, 5.41) is 22.3. The van der Waals surface area contributed by atoms with Crippen LogP contribution >= 0.6 is 0 Å². The number of imide groups is 1. The van der Waals surface area contributed by atoms with Crippen LogP contribution in [0.1, 0.15) is 74.1 Å². The third-order valence-electron chi connectivity index (χ3n) is 9.17. The number of hydrogen-bond acceptors (Lipinski definition) is 7. The largest absolute Gasteiger partial charge is 0.390 e. The van der Waals surface area contributed by atoms with Crippen LogP contribution in [0, 0.1) is 17.8 Å². The average Bonchev–Trinajstić information content (AvgIpc) is 3.67. The van der Waals surface area contributed by atoms with Crippen molar-refractivity contribution in [2.75, 3.05) is 0 Å². The van der Waals surface area contributed by atoms with E-state index >= 15 is 0 Å². The van der Waals surface area contributed by atoms with E-state index in [9.17, 15) is 29.1 Å². The number of hydrogen-bond donors (Lipinski definition) is 6. The number of aromatic nitrogens is 2. The first-order chi connectivity index (χ1) is 26.4. The number of aromatic amines is 1.